The zero-order valence-electron chi connectivity index (χ0n) is 20.1. The van der Waals surface area contributed by atoms with E-state index in [2.05, 4.69) is 5.32 Å². The van der Waals surface area contributed by atoms with Gasteiger partial charge >= 0.3 is 0 Å². The van der Waals surface area contributed by atoms with Gasteiger partial charge in [0.15, 0.2) is 40.4 Å². The van der Waals surface area contributed by atoms with Crippen LogP contribution in [-0.4, -0.2) is 87.5 Å². The summed E-state index contributed by atoms with van der Waals surface area (Å²) in [5, 5.41) is 35.8. The second-order valence-corrected chi connectivity index (χ2v) is 10.5. The van der Waals surface area contributed by atoms with Gasteiger partial charge in [-0.05, 0) is 31.6 Å². The van der Waals surface area contributed by atoms with E-state index in [0.29, 0.717) is 0 Å². The number of carbonyl (C=O) groups excluding carboxylic acids is 6. The average molecular weight is 536 g/mol. The molecule has 3 aliphatic carbocycles. The maximum absolute atomic E-state index is 13.7. The molecule has 13 heteroatoms. The van der Waals surface area contributed by atoms with Crippen LogP contribution in [0.5, 0.6) is 5.75 Å². The van der Waals surface area contributed by atoms with Gasteiger partial charge in [-0.25, -0.2) is 0 Å². The summed E-state index contributed by atoms with van der Waals surface area (Å²) in [5.74, 6) is -14.8. The fourth-order valence-electron chi connectivity index (χ4n) is 5.97. The normalized spacial score (nSPS) is 33.1. The van der Waals surface area contributed by atoms with Gasteiger partial charge in [-0.2, -0.15) is 0 Å². The molecule has 0 heterocycles. The number of aliphatic hydroxyl groups is 2. The molecule has 7 atom stereocenters. The van der Waals surface area contributed by atoms with Crippen LogP contribution in [0.4, 0.5) is 5.69 Å². The second kappa shape index (κ2) is 8.98. The number of primary amides is 1. The minimum atomic E-state index is -3.01. The van der Waals surface area contributed by atoms with Gasteiger partial charge < -0.3 is 31.3 Å². The van der Waals surface area contributed by atoms with E-state index in [1.807, 2.05) is 0 Å². The quantitative estimate of drug-likeness (QED) is 0.235. The molecule has 2 fully saturated rings. The molecule has 2 saturated carbocycles. The number of nitrogens with one attached hydrogen (secondary N) is 1. The van der Waals surface area contributed by atoms with Crippen LogP contribution in [0, 0.1) is 23.7 Å². The number of fused-ring (bicyclic) bond motifs is 3. The van der Waals surface area contributed by atoms with Crippen molar-refractivity contribution < 1.29 is 44.1 Å². The lowest BCUT2D eigenvalue weighted by Gasteiger charge is -2.52. The molecule has 0 bridgehead atoms. The van der Waals surface area contributed by atoms with Crippen LogP contribution in [0.1, 0.15) is 35.2 Å². The number of phenolic OH excluding ortho intramolecular Hbond substituents is 1. The number of Topliss-reactive ketones (excluding diaryl/α,β-unsaturated/α-hetero) is 4. The number of halogens is 1. The van der Waals surface area contributed by atoms with Crippen LogP contribution in [0.25, 0.3) is 0 Å². The summed E-state index contributed by atoms with van der Waals surface area (Å²) >= 11 is 6.31. The standard InChI is InChI=1S/C24H26ClN3O9/c1-7-8-4-10(25)17(27-12(30)6-28(2)3)20(33)14(8)19(32)16-13(7)18(31)9-5-11(29)15(23(26)36)21(34)24(9,37)22(16)35/h4,7,9,13,15-16,18,31,33,37H,5-6H2,1-3H3,(H2,26,36)(H,27,30)/t7-,9+,13+,15?,16?,18+,24+/m0/s1. The van der Waals surface area contributed by atoms with E-state index in [-0.39, 0.29) is 28.4 Å². The number of hydrogen-bond donors (Lipinski definition) is 5. The molecule has 4 rings (SSSR count). The molecule has 0 aliphatic heterocycles. The minimum absolute atomic E-state index is 0.0666. The second-order valence-electron chi connectivity index (χ2n) is 10.1. The Balaban J connectivity index is 1.84. The summed E-state index contributed by atoms with van der Waals surface area (Å²) in [7, 11) is 3.28. The third-order valence-corrected chi connectivity index (χ3v) is 7.95. The molecule has 6 N–H and O–H groups in total. The van der Waals surface area contributed by atoms with Gasteiger partial charge in [0.05, 0.1) is 29.2 Å². The van der Waals surface area contributed by atoms with Gasteiger partial charge in [0, 0.05) is 18.3 Å². The predicted octanol–water partition coefficient (Wildman–Crippen LogP) is -0.988. The number of phenols is 1. The Morgan fingerprint density at radius 1 is 1.22 bits per heavy atom. The minimum Gasteiger partial charge on any atom is -0.505 e. The summed E-state index contributed by atoms with van der Waals surface area (Å²) in [5.41, 5.74) is 1.71. The largest absolute Gasteiger partial charge is 0.505 e. The number of ketones is 4. The zero-order valence-corrected chi connectivity index (χ0v) is 20.9. The highest BCUT2D eigenvalue weighted by Crippen LogP contribution is 2.55. The molecule has 12 nitrogen and oxygen atoms in total. The van der Waals surface area contributed by atoms with Crippen molar-refractivity contribution >= 4 is 52.2 Å². The van der Waals surface area contributed by atoms with Crippen molar-refractivity contribution in [2.24, 2.45) is 29.4 Å². The Labute approximate surface area is 215 Å². The molecular weight excluding hydrogens is 510 g/mol. The lowest BCUT2D eigenvalue weighted by molar-refractivity contribution is -0.189. The van der Waals surface area contributed by atoms with E-state index in [9.17, 15) is 44.1 Å². The summed E-state index contributed by atoms with van der Waals surface area (Å²) in [4.78, 5) is 78.4. The molecule has 1 aromatic carbocycles. The first-order valence-corrected chi connectivity index (χ1v) is 11.9. The molecule has 0 saturated heterocycles. The first kappa shape index (κ1) is 26.9. The number of aliphatic hydroxyl groups excluding tert-OH is 1. The van der Waals surface area contributed by atoms with Crippen molar-refractivity contribution in [1.82, 2.24) is 4.90 Å². The molecule has 2 unspecified atom stereocenters. The van der Waals surface area contributed by atoms with Crippen molar-refractivity contribution in [1.29, 1.82) is 0 Å². The van der Waals surface area contributed by atoms with E-state index in [4.69, 9.17) is 17.3 Å². The van der Waals surface area contributed by atoms with Gasteiger partial charge in [0.2, 0.25) is 11.8 Å². The zero-order chi connectivity index (χ0) is 27.7. The van der Waals surface area contributed by atoms with Crippen molar-refractivity contribution in [2.45, 2.75) is 31.0 Å². The number of likely N-dealkylation sites (N-methyl/N-ethyl adjacent to an activating group) is 1. The number of amides is 2. The van der Waals surface area contributed by atoms with Gasteiger partial charge in [0.25, 0.3) is 0 Å². The Kier molecular flexibility index (Phi) is 6.52. The van der Waals surface area contributed by atoms with Gasteiger partial charge in [-0.3, -0.25) is 28.8 Å². The lowest BCUT2D eigenvalue weighted by Crippen LogP contribution is -2.72. The fraction of sp³-hybridized carbons (Fsp3) is 0.500. The fourth-order valence-corrected chi connectivity index (χ4v) is 6.22. The third kappa shape index (κ3) is 3.78. The molecular formula is C24H26ClN3O9. The number of aromatic hydroxyl groups is 1. The Morgan fingerprint density at radius 2 is 1.84 bits per heavy atom. The smallest absolute Gasteiger partial charge is 0.238 e. The summed E-state index contributed by atoms with van der Waals surface area (Å²) in [6.45, 7) is 1.49. The predicted molar refractivity (Wildman–Crippen MR) is 127 cm³/mol. The molecule has 2 amide bonds. The first-order valence-electron chi connectivity index (χ1n) is 11.5. The van der Waals surface area contributed by atoms with Crippen LogP contribution in [0.15, 0.2) is 6.07 Å². The van der Waals surface area contributed by atoms with Crippen molar-refractivity contribution in [3.8, 4) is 5.75 Å². The van der Waals surface area contributed by atoms with Crippen LogP contribution >= 0.6 is 11.6 Å². The number of rotatable bonds is 4. The summed E-state index contributed by atoms with van der Waals surface area (Å²) in [6.07, 6.45) is -2.36. The van der Waals surface area contributed by atoms with Gasteiger partial charge in [-0.1, -0.05) is 18.5 Å². The Bertz CT molecular complexity index is 1280. The number of carbonyl (C=O) groups is 6. The highest BCUT2D eigenvalue weighted by atomic mass is 35.5. The van der Waals surface area contributed by atoms with Gasteiger partial charge in [-0.15, -0.1) is 0 Å². The van der Waals surface area contributed by atoms with E-state index >= 15 is 0 Å². The van der Waals surface area contributed by atoms with Gasteiger partial charge in [0.1, 0.15) is 5.69 Å². The number of hydrogen-bond acceptors (Lipinski definition) is 10. The number of nitrogens with two attached hydrogens (primary N) is 1. The highest BCUT2D eigenvalue weighted by molar-refractivity contribution is 6.35. The average Bonchev–Trinajstić information content (AvgIpc) is 2.78. The number of benzene rings is 1. The van der Waals surface area contributed by atoms with E-state index in [1.54, 1.807) is 25.9 Å². The molecule has 37 heavy (non-hydrogen) atoms. The molecule has 1 aromatic rings. The summed E-state index contributed by atoms with van der Waals surface area (Å²) < 4.78 is 0. The van der Waals surface area contributed by atoms with Crippen LogP contribution < -0.4 is 11.1 Å². The first-order chi connectivity index (χ1) is 17.1. The van der Waals surface area contributed by atoms with Crippen LogP contribution in [0.2, 0.25) is 5.02 Å². The monoisotopic (exact) mass is 535 g/mol. The summed E-state index contributed by atoms with van der Waals surface area (Å²) in [6, 6.07) is 1.33. The molecule has 0 aromatic heterocycles. The molecule has 0 radical (unpaired) electrons. The van der Waals surface area contributed by atoms with E-state index < -0.39 is 88.4 Å². The molecule has 3 aliphatic rings. The van der Waals surface area contributed by atoms with E-state index in [0.717, 1.165) is 0 Å². The third-order valence-electron chi connectivity index (χ3n) is 7.66. The van der Waals surface area contributed by atoms with E-state index in [1.165, 1.54) is 6.07 Å². The molecule has 198 valence electrons. The number of nitrogens with zero attached hydrogens (tertiary/aromatic N) is 1. The molecule has 0 spiro atoms. The van der Waals surface area contributed by atoms with Crippen LogP contribution in [-0.2, 0) is 24.0 Å². The lowest BCUT2D eigenvalue weighted by atomic mass is 9.50. The van der Waals surface area contributed by atoms with Crippen molar-refractivity contribution in [3.05, 3.63) is 22.2 Å². The topological polar surface area (TPSA) is 204 Å². The highest BCUT2D eigenvalue weighted by Gasteiger charge is 2.69. The Hall–Kier alpha value is -3.19. The number of anilines is 1. The maximum atomic E-state index is 13.7. The van der Waals surface area contributed by atoms with Crippen molar-refractivity contribution in [2.75, 3.05) is 26.0 Å². The Morgan fingerprint density at radius 3 is 2.41 bits per heavy atom. The maximum Gasteiger partial charge on any atom is 0.238 e. The van der Waals surface area contributed by atoms with Crippen LogP contribution in [0.3, 0.4) is 0 Å². The SMILES string of the molecule is C[C@H]1c2cc(Cl)c(NC(=O)CN(C)C)c(O)c2C(=O)C2C(=O)[C@]3(O)C(=O)C(C(N)=O)C(=O)C[C@@H]3[C@@H](O)[C@@H]21. The van der Waals surface area contributed by atoms with Crippen molar-refractivity contribution in [3.63, 3.8) is 0 Å².